The molecule has 6 nitrogen and oxygen atoms in total. The number of carbonyl (C=O) groups is 1. The van der Waals surface area contributed by atoms with Crippen molar-refractivity contribution in [3.8, 4) is 5.75 Å². The van der Waals surface area contributed by atoms with Crippen molar-refractivity contribution in [1.29, 1.82) is 0 Å². The molecule has 0 aromatic heterocycles. The van der Waals surface area contributed by atoms with E-state index in [1.165, 1.54) is 11.1 Å². The molecule has 4 rings (SSSR count). The fourth-order valence-electron chi connectivity index (χ4n) is 6.55. The summed E-state index contributed by atoms with van der Waals surface area (Å²) >= 11 is 0. The summed E-state index contributed by atoms with van der Waals surface area (Å²) in [7, 11) is -4.01. The molecule has 0 saturated heterocycles. The smallest absolute Gasteiger partial charge is 0.371 e. The van der Waals surface area contributed by atoms with Crippen LogP contribution in [-0.4, -0.2) is 20.9 Å². The number of fused-ring (bicyclic) bond motifs is 5. The zero-order valence-electron chi connectivity index (χ0n) is 17.3. The maximum Gasteiger partial charge on any atom is 0.380 e. The number of carbonyl (C=O) groups excluding carboxylic acids is 1. The standard InChI is InChI=1S/C22H32N2O4S/c1-3-12-24-21(25)20-9-8-19-18-6-4-14-13-15(28-29(23,26)27)5-7-16(14)17(18)10-11-22(19,20)2/h5,7,13,17-20H,3-4,6,8-12H2,1-2H3,(H,24,25)(H2,23,26,27). The first-order valence-corrected chi connectivity index (χ1v) is 12.3. The normalized spacial score (nSPS) is 33.3. The van der Waals surface area contributed by atoms with Crippen LogP contribution in [0.25, 0.3) is 0 Å². The van der Waals surface area contributed by atoms with Crippen molar-refractivity contribution in [1.82, 2.24) is 5.32 Å². The van der Waals surface area contributed by atoms with Crippen LogP contribution in [0.3, 0.4) is 0 Å². The van der Waals surface area contributed by atoms with Gasteiger partial charge in [0.05, 0.1) is 0 Å². The second-order valence-electron chi connectivity index (χ2n) is 9.32. The van der Waals surface area contributed by atoms with Gasteiger partial charge in [-0.2, -0.15) is 13.6 Å². The van der Waals surface area contributed by atoms with Gasteiger partial charge in [-0.15, -0.1) is 0 Å². The molecule has 3 aliphatic rings. The maximum absolute atomic E-state index is 12.8. The molecule has 0 bridgehead atoms. The summed E-state index contributed by atoms with van der Waals surface area (Å²) in [6.07, 6.45) is 7.24. The molecule has 0 aliphatic heterocycles. The zero-order valence-corrected chi connectivity index (χ0v) is 18.1. The monoisotopic (exact) mass is 420 g/mol. The van der Waals surface area contributed by atoms with Crippen LogP contribution in [0, 0.1) is 23.2 Å². The van der Waals surface area contributed by atoms with Crippen LogP contribution in [0.5, 0.6) is 5.75 Å². The number of aryl methyl sites for hydroxylation is 1. The Morgan fingerprint density at radius 1 is 1.28 bits per heavy atom. The average Bonchev–Trinajstić information content (AvgIpc) is 3.01. The SMILES string of the molecule is CCCNC(=O)C1CCC2C3CCc4cc(OS(N)(=O)=O)ccc4C3CCC12C. The first-order chi connectivity index (χ1) is 13.7. The van der Waals surface area contributed by atoms with Gasteiger partial charge in [0.2, 0.25) is 5.91 Å². The van der Waals surface area contributed by atoms with Crippen LogP contribution in [0.1, 0.15) is 69.4 Å². The predicted octanol–water partition coefficient (Wildman–Crippen LogP) is 3.27. The Balaban J connectivity index is 1.55. The number of benzene rings is 1. The molecule has 0 radical (unpaired) electrons. The molecule has 0 heterocycles. The molecule has 1 aromatic carbocycles. The number of hydrogen-bond donors (Lipinski definition) is 2. The maximum atomic E-state index is 12.8. The molecule has 0 spiro atoms. The van der Waals surface area contributed by atoms with Crippen molar-refractivity contribution in [2.45, 2.75) is 64.7 Å². The van der Waals surface area contributed by atoms with Crippen molar-refractivity contribution in [3.63, 3.8) is 0 Å². The molecule has 1 amide bonds. The minimum atomic E-state index is -4.01. The summed E-state index contributed by atoms with van der Waals surface area (Å²) in [5.74, 6) is 2.32. The van der Waals surface area contributed by atoms with Gasteiger partial charge in [-0.25, -0.2) is 0 Å². The second-order valence-corrected chi connectivity index (χ2v) is 10.5. The molecule has 3 aliphatic carbocycles. The van der Waals surface area contributed by atoms with Crippen molar-refractivity contribution in [2.75, 3.05) is 6.54 Å². The largest absolute Gasteiger partial charge is 0.380 e. The zero-order chi connectivity index (χ0) is 20.8. The summed E-state index contributed by atoms with van der Waals surface area (Å²) < 4.78 is 27.3. The molecular weight excluding hydrogens is 388 g/mol. The average molecular weight is 421 g/mol. The van der Waals surface area contributed by atoms with E-state index in [1.54, 1.807) is 6.07 Å². The van der Waals surface area contributed by atoms with Crippen molar-refractivity contribution in [2.24, 2.45) is 28.3 Å². The minimum Gasteiger partial charge on any atom is -0.371 e. The molecule has 7 heteroatoms. The third-order valence-corrected chi connectivity index (χ3v) is 8.20. The van der Waals surface area contributed by atoms with E-state index in [0.717, 1.165) is 51.5 Å². The van der Waals surface area contributed by atoms with Gasteiger partial charge in [-0.1, -0.05) is 19.9 Å². The molecule has 29 heavy (non-hydrogen) atoms. The van der Waals surface area contributed by atoms with Crippen LogP contribution in [0.2, 0.25) is 0 Å². The summed E-state index contributed by atoms with van der Waals surface area (Å²) in [5.41, 5.74) is 2.59. The van der Waals surface area contributed by atoms with Gasteiger partial charge in [0, 0.05) is 12.5 Å². The Hall–Kier alpha value is -1.60. The van der Waals surface area contributed by atoms with Gasteiger partial charge in [0.15, 0.2) is 0 Å². The lowest BCUT2D eigenvalue weighted by molar-refractivity contribution is -0.130. The first-order valence-electron chi connectivity index (χ1n) is 10.9. The van der Waals surface area contributed by atoms with Gasteiger partial charge < -0.3 is 9.50 Å². The predicted molar refractivity (Wildman–Crippen MR) is 112 cm³/mol. The second kappa shape index (κ2) is 7.58. The topological polar surface area (TPSA) is 98.5 Å². The third kappa shape index (κ3) is 3.79. The van der Waals surface area contributed by atoms with Gasteiger partial charge in [-0.3, -0.25) is 4.79 Å². The summed E-state index contributed by atoms with van der Waals surface area (Å²) in [6.45, 7) is 5.19. The number of nitrogens with two attached hydrogens (primary N) is 1. The van der Waals surface area contributed by atoms with Crippen molar-refractivity contribution >= 4 is 16.2 Å². The van der Waals surface area contributed by atoms with Crippen LogP contribution in [0.4, 0.5) is 0 Å². The Kier molecular flexibility index (Phi) is 5.40. The van der Waals surface area contributed by atoms with E-state index in [4.69, 9.17) is 9.32 Å². The van der Waals surface area contributed by atoms with E-state index >= 15 is 0 Å². The molecule has 3 N–H and O–H groups in total. The Morgan fingerprint density at radius 2 is 2.07 bits per heavy atom. The van der Waals surface area contributed by atoms with E-state index in [9.17, 15) is 13.2 Å². The lowest BCUT2D eigenvalue weighted by Crippen LogP contribution is -2.46. The summed E-state index contributed by atoms with van der Waals surface area (Å²) in [5, 5.41) is 8.14. The molecule has 5 unspecified atom stereocenters. The molecule has 160 valence electrons. The van der Waals surface area contributed by atoms with E-state index in [0.29, 0.717) is 23.5 Å². The molecule has 2 saturated carbocycles. The fraction of sp³-hybridized carbons (Fsp3) is 0.682. The molecule has 1 aromatic rings. The Morgan fingerprint density at radius 3 is 2.79 bits per heavy atom. The van der Waals surface area contributed by atoms with Crippen LogP contribution >= 0.6 is 0 Å². The van der Waals surface area contributed by atoms with Crippen molar-refractivity contribution < 1.29 is 17.4 Å². The van der Waals surface area contributed by atoms with Crippen LogP contribution < -0.4 is 14.6 Å². The highest BCUT2D eigenvalue weighted by Crippen LogP contribution is 2.63. The number of nitrogens with one attached hydrogen (secondary N) is 1. The molecule has 2 fully saturated rings. The van der Waals surface area contributed by atoms with E-state index in [2.05, 4.69) is 19.2 Å². The highest BCUT2D eigenvalue weighted by atomic mass is 32.2. The lowest BCUT2D eigenvalue weighted by Gasteiger charge is -2.50. The lowest BCUT2D eigenvalue weighted by atomic mass is 9.54. The molecular formula is C22H32N2O4S. The number of hydrogen-bond acceptors (Lipinski definition) is 4. The Labute approximate surface area is 173 Å². The highest BCUT2D eigenvalue weighted by Gasteiger charge is 2.56. The molecule has 5 atom stereocenters. The van der Waals surface area contributed by atoms with Gasteiger partial charge >= 0.3 is 10.3 Å². The van der Waals surface area contributed by atoms with E-state index in [-0.39, 0.29) is 17.2 Å². The first kappa shape index (κ1) is 20.7. The van der Waals surface area contributed by atoms with Crippen LogP contribution in [0.15, 0.2) is 18.2 Å². The number of rotatable bonds is 5. The van der Waals surface area contributed by atoms with E-state index in [1.807, 2.05) is 12.1 Å². The van der Waals surface area contributed by atoms with E-state index < -0.39 is 10.3 Å². The number of amides is 1. The Bertz CT molecular complexity index is 900. The third-order valence-electron chi connectivity index (χ3n) is 7.78. The van der Waals surface area contributed by atoms with Crippen LogP contribution in [-0.2, 0) is 21.5 Å². The highest BCUT2D eigenvalue weighted by molar-refractivity contribution is 7.84. The van der Waals surface area contributed by atoms with Crippen molar-refractivity contribution in [3.05, 3.63) is 29.3 Å². The summed E-state index contributed by atoms with van der Waals surface area (Å²) in [4.78, 5) is 12.8. The fourth-order valence-corrected chi connectivity index (χ4v) is 6.92. The minimum absolute atomic E-state index is 0.0905. The van der Waals surface area contributed by atoms with Gasteiger partial charge in [-0.05, 0) is 91.4 Å². The summed E-state index contributed by atoms with van der Waals surface area (Å²) in [6, 6.07) is 5.57. The van der Waals surface area contributed by atoms with Gasteiger partial charge in [0.1, 0.15) is 5.75 Å². The van der Waals surface area contributed by atoms with Gasteiger partial charge in [0.25, 0.3) is 0 Å². The quantitative estimate of drug-likeness (QED) is 0.764.